The van der Waals surface area contributed by atoms with E-state index >= 15 is 0 Å². The van der Waals surface area contributed by atoms with E-state index in [2.05, 4.69) is 0 Å². The maximum atomic E-state index is 11.9. The molecule has 17 heavy (non-hydrogen) atoms. The number of carbonyl (C=O) groups is 2. The molecule has 0 aliphatic carbocycles. The zero-order valence-electron chi connectivity index (χ0n) is 10.4. The van der Waals surface area contributed by atoms with Crippen LogP contribution in [-0.2, 0) is 14.3 Å². The van der Waals surface area contributed by atoms with Crippen LogP contribution in [0.3, 0.4) is 0 Å². The number of ketones is 1. The van der Waals surface area contributed by atoms with Crippen molar-refractivity contribution in [3.63, 3.8) is 0 Å². The van der Waals surface area contributed by atoms with Gasteiger partial charge in [0.1, 0.15) is 11.6 Å². The van der Waals surface area contributed by atoms with Crippen LogP contribution in [0, 0.1) is 12.3 Å². The molecule has 0 aromatic carbocycles. The largest absolute Gasteiger partial charge is 0.444 e. The predicted molar refractivity (Wildman–Crippen MR) is 61.4 cm³/mol. The van der Waals surface area contributed by atoms with Crippen LogP contribution in [0.15, 0.2) is 0 Å². The van der Waals surface area contributed by atoms with Gasteiger partial charge in [-0.15, -0.1) is 6.42 Å². The molecule has 0 saturated carbocycles. The highest BCUT2D eigenvalue weighted by molar-refractivity contribution is 6.00. The van der Waals surface area contributed by atoms with Crippen LogP contribution < -0.4 is 0 Å². The Kier molecular flexibility index (Phi) is 4.13. The summed E-state index contributed by atoms with van der Waals surface area (Å²) in [6.07, 6.45) is 4.53. The van der Waals surface area contributed by atoms with Crippen molar-refractivity contribution in [2.45, 2.75) is 32.4 Å². The standard InChI is InChI=1S/C12H17NO4/c1-5-10(14)9-8-16-7-6-13(9)11(15)17-12(2,3)4/h1,9H,6-8H2,2-4H3. The van der Waals surface area contributed by atoms with E-state index in [0.717, 1.165) is 0 Å². The van der Waals surface area contributed by atoms with Gasteiger partial charge in [-0.25, -0.2) is 4.79 Å². The van der Waals surface area contributed by atoms with Gasteiger partial charge in [-0.3, -0.25) is 9.69 Å². The maximum absolute atomic E-state index is 11.9. The van der Waals surface area contributed by atoms with E-state index in [1.807, 2.05) is 5.92 Å². The van der Waals surface area contributed by atoms with Gasteiger partial charge >= 0.3 is 6.09 Å². The van der Waals surface area contributed by atoms with Crippen molar-refractivity contribution in [3.05, 3.63) is 0 Å². The van der Waals surface area contributed by atoms with Crippen LogP contribution in [0.25, 0.3) is 0 Å². The Morgan fingerprint density at radius 1 is 1.47 bits per heavy atom. The second-order valence-corrected chi connectivity index (χ2v) is 4.77. The van der Waals surface area contributed by atoms with Crippen molar-refractivity contribution in [1.82, 2.24) is 4.90 Å². The van der Waals surface area contributed by atoms with Crippen LogP contribution >= 0.6 is 0 Å². The van der Waals surface area contributed by atoms with Gasteiger partial charge in [-0.05, 0) is 26.7 Å². The van der Waals surface area contributed by atoms with Crippen molar-refractivity contribution in [2.24, 2.45) is 0 Å². The van der Waals surface area contributed by atoms with Crippen molar-refractivity contribution in [3.8, 4) is 12.3 Å². The fourth-order valence-electron chi connectivity index (χ4n) is 1.46. The molecule has 1 unspecified atom stereocenters. The van der Waals surface area contributed by atoms with E-state index in [9.17, 15) is 9.59 Å². The third-order valence-electron chi connectivity index (χ3n) is 2.20. The van der Waals surface area contributed by atoms with Crippen molar-refractivity contribution < 1.29 is 19.1 Å². The molecule has 0 spiro atoms. The number of morpholine rings is 1. The second-order valence-electron chi connectivity index (χ2n) is 4.77. The van der Waals surface area contributed by atoms with Gasteiger partial charge in [0, 0.05) is 6.54 Å². The highest BCUT2D eigenvalue weighted by Crippen LogP contribution is 2.14. The molecule has 5 heteroatoms. The first-order valence-corrected chi connectivity index (χ1v) is 5.43. The average Bonchev–Trinajstić information content (AvgIpc) is 2.25. The number of hydrogen-bond donors (Lipinski definition) is 0. The zero-order chi connectivity index (χ0) is 13.1. The van der Waals surface area contributed by atoms with Gasteiger partial charge in [0.25, 0.3) is 0 Å². The Hall–Kier alpha value is -1.54. The van der Waals surface area contributed by atoms with E-state index in [1.165, 1.54) is 4.90 Å². The number of nitrogens with zero attached hydrogens (tertiary/aromatic N) is 1. The minimum absolute atomic E-state index is 0.127. The third-order valence-corrected chi connectivity index (χ3v) is 2.20. The van der Waals surface area contributed by atoms with Crippen LogP contribution in [-0.4, -0.2) is 48.2 Å². The number of hydrogen-bond acceptors (Lipinski definition) is 4. The smallest absolute Gasteiger partial charge is 0.411 e. The summed E-state index contributed by atoms with van der Waals surface area (Å²) >= 11 is 0. The molecule has 94 valence electrons. The molecule has 1 heterocycles. The Bertz CT molecular complexity index is 350. The summed E-state index contributed by atoms with van der Waals surface area (Å²) in [5.74, 6) is 1.55. The molecule has 1 rings (SSSR count). The summed E-state index contributed by atoms with van der Waals surface area (Å²) in [5.41, 5.74) is -0.598. The second kappa shape index (κ2) is 5.19. The summed E-state index contributed by atoms with van der Waals surface area (Å²) in [5, 5.41) is 0. The number of amides is 1. The third kappa shape index (κ3) is 3.75. The molecule has 1 amide bonds. The van der Waals surface area contributed by atoms with Gasteiger partial charge in [0.2, 0.25) is 5.78 Å². The first-order valence-electron chi connectivity index (χ1n) is 5.43. The van der Waals surface area contributed by atoms with Crippen molar-refractivity contribution in [1.29, 1.82) is 0 Å². The molecule has 1 atom stereocenters. The summed E-state index contributed by atoms with van der Waals surface area (Å²) in [6.45, 7) is 6.12. The van der Waals surface area contributed by atoms with Crippen LogP contribution in [0.5, 0.6) is 0 Å². The van der Waals surface area contributed by atoms with Crippen LogP contribution in [0.1, 0.15) is 20.8 Å². The SMILES string of the molecule is C#CC(=O)C1COCCN1C(=O)OC(C)(C)C. The van der Waals surface area contributed by atoms with Gasteiger partial charge in [-0.1, -0.05) is 0 Å². The zero-order valence-corrected chi connectivity index (χ0v) is 10.4. The number of ether oxygens (including phenoxy) is 2. The molecule has 1 aliphatic rings. The minimum atomic E-state index is -0.733. The molecule has 0 aromatic rings. The monoisotopic (exact) mass is 239 g/mol. The fourth-order valence-corrected chi connectivity index (χ4v) is 1.46. The fraction of sp³-hybridized carbons (Fsp3) is 0.667. The molecule has 0 N–H and O–H groups in total. The van der Waals surface area contributed by atoms with Crippen molar-refractivity contribution in [2.75, 3.05) is 19.8 Å². The number of rotatable bonds is 1. The van der Waals surface area contributed by atoms with E-state index in [0.29, 0.717) is 13.2 Å². The van der Waals surface area contributed by atoms with Crippen LogP contribution in [0.4, 0.5) is 4.79 Å². The molecular formula is C12H17NO4. The summed E-state index contributed by atoms with van der Waals surface area (Å²) in [6, 6.07) is -0.733. The van der Waals surface area contributed by atoms with Gasteiger partial charge < -0.3 is 9.47 Å². The summed E-state index contributed by atoms with van der Waals surface area (Å²) in [4.78, 5) is 24.7. The Balaban J connectivity index is 2.75. The van der Waals surface area contributed by atoms with Gasteiger partial charge in [-0.2, -0.15) is 0 Å². The molecule has 1 saturated heterocycles. The summed E-state index contributed by atoms with van der Waals surface area (Å²) < 4.78 is 10.4. The van der Waals surface area contributed by atoms with Gasteiger partial charge in [0.05, 0.1) is 13.2 Å². The lowest BCUT2D eigenvalue weighted by atomic mass is 10.1. The Morgan fingerprint density at radius 2 is 2.12 bits per heavy atom. The molecule has 0 bridgehead atoms. The average molecular weight is 239 g/mol. The molecule has 5 nitrogen and oxygen atoms in total. The first kappa shape index (κ1) is 13.5. The van der Waals surface area contributed by atoms with Crippen molar-refractivity contribution >= 4 is 11.9 Å². The number of terminal acetylenes is 1. The maximum Gasteiger partial charge on any atom is 0.411 e. The molecule has 1 fully saturated rings. The predicted octanol–water partition coefficient (Wildman–Crippen LogP) is 0.825. The lowest BCUT2D eigenvalue weighted by Gasteiger charge is -2.34. The van der Waals surface area contributed by atoms with E-state index in [1.54, 1.807) is 20.8 Å². The van der Waals surface area contributed by atoms with E-state index in [4.69, 9.17) is 15.9 Å². The van der Waals surface area contributed by atoms with E-state index < -0.39 is 23.5 Å². The Morgan fingerprint density at radius 3 is 2.65 bits per heavy atom. The molecular weight excluding hydrogens is 222 g/mol. The normalized spacial score (nSPS) is 20.6. The van der Waals surface area contributed by atoms with E-state index in [-0.39, 0.29) is 6.61 Å². The highest BCUT2D eigenvalue weighted by Gasteiger charge is 2.34. The minimum Gasteiger partial charge on any atom is -0.444 e. The molecule has 0 aromatic heterocycles. The lowest BCUT2D eigenvalue weighted by Crippen LogP contribution is -2.53. The summed E-state index contributed by atoms with van der Waals surface area (Å²) in [7, 11) is 0. The first-order chi connectivity index (χ1) is 7.85. The number of carbonyl (C=O) groups excluding carboxylic acids is 2. The quantitative estimate of drug-likeness (QED) is 0.502. The highest BCUT2D eigenvalue weighted by atomic mass is 16.6. The van der Waals surface area contributed by atoms with Gasteiger partial charge in [0.15, 0.2) is 0 Å². The van der Waals surface area contributed by atoms with Crippen LogP contribution in [0.2, 0.25) is 0 Å². The lowest BCUT2D eigenvalue weighted by molar-refractivity contribution is -0.124. The topological polar surface area (TPSA) is 55.8 Å². The molecule has 0 radical (unpaired) electrons. The number of Topliss-reactive ketones (excluding diaryl/α,β-unsaturated/α-hetero) is 1. The molecule has 1 aliphatic heterocycles. The Labute approximate surface area is 101 Å².